The van der Waals surface area contributed by atoms with Crippen LogP contribution in [0.5, 0.6) is 11.8 Å². The molecule has 1 aliphatic heterocycles. The van der Waals surface area contributed by atoms with Crippen LogP contribution in [0.4, 0.5) is 0 Å². The minimum absolute atomic E-state index is 0.191. The van der Waals surface area contributed by atoms with E-state index >= 15 is 0 Å². The number of rotatable bonds is 4. The monoisotopic (exact) mass is 420 g/mol. The van der Waals surface area contributed by atoms with Crippen molar-refractivity contribution in [1.29, 1.82) is 0 Å². The number of hydrogen-bond acceptors (Lipinski definition) is 6. The Balaban J connectivity index is 1.79. The van der Waals surface area contributed by atoms with Gasteiger partial charge in [0.2, 0.25) is 0 Å². The third-order valence-corrected chi connectivity index (χ3v) is 5.15. The number of halogens is 1. The highest BCUT2D eigenvalue weighted by Gasteiger charge is 2.19. The minimum Gasteiger partial charge on any atom is -0.493 e. The van der Waals surface area contributed by atoms with Gasteiger partial charge in [-0.1, -0.05) is 11.6 Å². The molecule has 1 aliphatic rings. The van der Waals surface area contributed by atoms with Gasteiger partial charge in [-0.2, -0.15) is 4.98 Å². The Kier molecular flexibility index (Phi) is 4.59. The fourth-order valence-electron chi connectivity index (χ4n) is 3.51. The Morgan fingerprint density at radius 2 is 2.00 bits per heavy atom. The molecule has 5 rings (SSSR count). The Morgan fingerprint density at radius 1 is 1.17 bits per heavy atom. The summed E-state index contributed by atoms with van der Waals surface area (Å²) in [7, 11) is 0. The quantitative estimate of drug-likeness (QED) is 0.499. The minimum atomic E-state index is -0.287. The summed E-state index contributed by atoms with van der Waals surface area (Å²) in [4.78, 5) is 26.8. The zero-order chi connectivity index (χ0) is 20.7. The molecule has 3 heterocycles. The van der Waals surface area contributed by atoms with E-state index in [0.29, 0.717) is 40.8 Å². The van der Waals surface area contributed by atoms with Gasteiger partial charge >= 0.3 is 6.01 Å². The van der Waals surface area contributed by atoms with Crippen LogP contribution in [0.1, 0.15) is 12.5 Å². The van der Waals surface area contributed by atoms with Crippen LogP contribution in [0, 0.1) is 0 Å². The highest BCUT2D eigenvalue weighted by molar-refractivity contribution is 6.30. The molecule has 2 aromatic carbocycles. The average Bonchev–Trinajstić information content (AvgIpc) is 3.22. The summed E-state index contributed by atoms with van der Waals surface area (Å²) in [5.74, 6) is 0.849. The number of nitrogens with zero attached hydrogens (tertiary/aromatic N) is 4. The highest BCUT2D eigenvalue weighted by Crippen LogP contribution is 2.29. The van der Waals surface area contributed by atoms with Gasteiger partial charge in [0.25, 0.3) is 5.56 Å². The van der Waals surface area contributed by atoms with Crippen LogP contribution < -0.4 is 15.0 Å². The number of aromatic nitrogens is 4. The predicted octanol–water partition coefficient (Wildman–Crippen LogP) is 3.83. The largest absolute Gasteiger partial charge is 0.493 e. The molecule has 0 spiro atoms. The first-order valence-corrected chi connectivity index (χ1v) is 9.96. The lowest BCUT2D eigenvalue weighted by atomic mass is 10.1. The van der Waals surface area contributed by atoms with Crippen molar-refractivity contribution in [2.75, 3.05) is 13.2 Å². The van der Waals surface area contributed by atoms with Crippen molar-refractivity contribution in [2.45, 2.75) is 13.3 Å². The average molecular weight is 421 g/mol. The predicted molar refractivity (Wildman–Crippen MR) is 114 cm³/mol. The third kappa shape index (κ3) is 3.17. The molecule has 0 amide bonds. The Labute approximate surface area is 176 Å². The van der Waals surface area contributed by atoms with E-state index in [-0.39, 0.29) is 11.6 Å². The molecule has 0 bridgehead atoms. The van der Waals surface area contributed by atoms with E-state index in [1.165, 1.54) is 4.57 Å². The lowest BCUT2D eigenvalue weighted by Gasteiger charge is -2.13. The summed E-state index contributed by atoms with van der Waals surface area (Å²) >= 11 is 6.05. The summed E-state index contributed by atoms with van der Waals surface area (Å²) in [6.07, 6.45) is 2.38. The van der Waals surface area contributed by atoms with Crippen LogP contribution >= 0.6 is 11.6 Å². The molecule has 0 saturated carbocycles. The maximum Gasteiger partial charge on any atom is 0.318 e. The van der Waals surface area contributed by atoms with E-state index < -0.39 is 0 Å². The molecule has 30 heavy (non-hydrogen) atoms. The fourth-order valence-corrected chi connectivity index (χ4v) is 3.64. The van der Waals surface area contributed by atoms with Crippen molar-refractivity contribution in [3.05, 3.63) is 69.6 Å². The first-order valence-electron chi connectivity index (χ1n) is 9.58. The molecule has 7 nitrogen and oxygen atoms in total. The molecule has 0 unspecified atom stereocenters. The van der Waals surface area contributed by atoms with Crippen molar-refractivity contribution in [1.82, 2.24) is 19.5 Å². The second kappa shape index (κ2) is 7.42. The first kappa shape index (κ1) is 18.6. The maximum absolute atomic E-state index is 13.6. The highest BCUT2D eigenvalue weighted by atomic mass is 35.5. The zero-order valence-corrected chi connectivity index (χ0v) is 16.9. The zero-order valence-electron chi connectivity index (χ0n) is 16.1. The number of fused-ring (bicyclic) bond motifs is 2. The number of ether oxygens (including phenoxy) is 2. The van der Waals surface area contributed by atoms with Gasteiger partial charge in [0.1, 0.15) is 17.0 Å². The van der Waals surface area contributed by atoms with Crippen molar-refractivity contribution in [3.63, 3.8) is 0 Å². The SMILES string of the molecule is CCOc1ncc2nc(-c3ccc4c(c3)CCO4)c(=O)n(-c3ccc(Cl)cc3)c2n1. The number of benzene rings is 2. The van der Waals surface area contributed by atoms with E-state index in [1.807, 2.05) is 25.1 Å². The lowest BCUT2D eigenvalue weighted by molar-refractivity contribution is 0.313. The molecule has 0 atom stereocenters. The topological polar surface area (TPSA) is 79.1 Å². The van der Waals surface area contributed by atoms with Gasteiger partial charge in [-0.05, 0) is 55.0 Å². The van der Waals surface area contributed by atoms with Crippen LogP contribution in [0.3, 0.4) is 0 Å². The van der Waals surface area contributed by atoms with E-state index in [4.69, 9.17) is 21.1 Å². The summed E-state index contributed by atoms with van der Waals surface area (Å²) in [5, 5.41) is 0.577. The molecule has 0 radical (unpaired) electrons. The molecule has 0 saturated heterocycles. The first-order chi connectivity index (χ1) is 14.6. The Morgan fingerprint density at radius 3 is 2.80 bits per heavy atom. The molecule has 0 fully saturated rings. The smallest absolute Gasteiger partial charge is 0.318 e. The standard InChI is InChI=1S/C22H17ClN4O3/c1-2-29-22-24-12-17-20(26-22)27(16-6-4-15(23)5-7-16)21(28)19(25-17)14-3-8-18-13(11-14)9-10-30-18/h3-8,11-12H,2,9-10H2,1H3. The lowest BCUT2D eigenvalue weighted by Crippen LogP contribution is -2.23. The molecule has 4 aromatic rings. The summed E-state index contributed by atoms with van der Waals surface area (Å²) in [5.41, 5.74) is 3.31. The molecular formula is C22H17ClN4O3. The van der Waals surface area contributed by atoms with Crippen molar-refractivity contribution in [2.24, 2.45) is 0 Å². The molecule has 150 valence electrons. The van der Waals surface area contributed by atoms with Gasteiger partial charge in [-0.3, -0.25) is 9.36 Å². The van der Waals surface area contributed by atoms with E-state index in [0.717, 1.165) is 23.3 Å². The molecule has 0 aliphatic carbocycles. The van der Waals surface area contributed by atoms with Gasteiger partial charge in [0, 0.05) is 17.0 Å². The maximum atomic E-state index is 13.6. The molecule has 2 aromatic heterocycles. The van der Waals surface area contributed by atoms with Crippen LogP contribution in [0.15, 0.2) is 53.5 Å². The second-order valence-electron chi connectivity index (χ2n) is 6.79. The van der Waals surface area contributed by atoms with Crippen LogP contribution in [-0.2, 0) is 6.42 Å². The van der Waals surface area contributed by atoms with Crippen molar-refractivity contribution < 1.29 is 9.47 Å². The fraction of sp³-hybridized carbons (Fsp3) is 0.182. The van der Waals surface area contributed by atoms with E-state index in [1.54, 1.807) is 30.5 Å². The third-order valence-electron chi connectivity index (χ3n) is 4.90. The summed E-state index contributed by atoms with van der Waals surface area (Å²) in [6.45, 7) is 2.91. The van der Waals surface area contributed by atoms with Gasteiger partial charge in [0.15, 0.2) is 5.65 Å². The molecule has 0 N–H and O–H groups in total. The van der Waals surface area contributed by atoms with Crippen molar-refractivity contribution in [3.8, 4) is 28.7 Å². The second-order valence-corrected chi connectivity index (χ2v) is 7.23. The van der Waals surface area contributed by atoms with Gasteiger partial charge in [0.05, 0.1) is 25.1 Å². The van der Waals surface area contributed by atoms with E-state index in [2.05, 4.69) is 15.0 Å². The van der Waals surface area contributed by atoms with Gasteiger partial charge in [-0.25, -0.2) is 9.97 Å². The summed E-state index contributed by atoms with van der Waals surface area (Å²) in [6, 6.07) is 12.9. The van der Waals surface area contributed by atoms with Gasteiger partial charge < -0.3 is 9.47 Å². The molecule has 8 heteroatoms. The summed E-state index contributed by atoms with van der Waals surface area (Å²) < 4.78 is 12.5. The van der Waals surface area contributed by atoms with E-state index in [9.17, 15) is 4.79 Å². The van der Waals surface area contributed by atoms with Crippen LogP contribution in [-0.4, -0.2) is 32.7 Å². The van der Waals surface area contributed by atoms with Gasteiger partial charge in [-0.15, -0.1) is 0 Å². The van der Waals surface area contributed by atoms with Crippen molar-refractivity contribution >= 4 is 22.8 Å². The van der Waals surface area contributed by atoms with Crippen LogP contribution in [0.25, 0.3) is 28.1 Å². The number of hydrogen-bond donors (Lipinski definition) is 0. The molecular weight excluding hydrogens is 404 g/mol. The Hall–Kier alpha value is -3.45. The van der Waals surface area contributed by atoms with Crippen LogP contribution in [0.2, 0.25) is 5.02 Å². The Bertz CT molecular complexity index is 1320. The normalized spacial score (nSPS) is 12.6.